The minimum atomic E-state index is -0.255. The first kappa shape index (κ1) is 12.8. The van der Waals surface area contributed by atoms with Crippen LogP contribution in [-0.4, -0.2) is 17.5 Å². The van der Waals surface area contributed by atoms with Gasteiger partial charge in [-0.15, -0.1) is 0 Å². The monoisotopic (exact) mass is 285 g/mol. The van der Waals surface area contributed by atoms with Crippen molar-refractivity contribution >= 4 is 22.4 Å². The summed E-state index contributed by atoms with van der Waals surface area (Å²) in [4.78, 5) is 17.6. The van der Waals surface area contributed by atoms with Crippen molar-refractivity contribution in [1.82, 2.24) is 4.98 Å². The first-order valence-electron chi connectivity index (χ1n) is 6.14. The number of benzene rings is 1. The quantitative estimate of drug-likeness (QED) is 0.919. The first-order valence-corrected chi connectivity index (χ1v) is 6.96. The molecule has 2 heterocycles. The number of aromatic nitrogens is 1. The summed E-state index contributed by atoms with van der Waals surface area (Å²) in [6.45, 7) is 1.24. The molecule has 1 aliphatic rings. The number of nitriles is 1. The van der Waals surface area contributed by atoms with Gasteiger partial charge >= 0.3 is 0 Å². The largest absolute Gasteiger partial charge is 0.375 e. The topological polar surface area (TPSA) is 75.0 Å². The molecule has 1 aromatic carbocycles. The number of nitrogens with one attached hydrogen (secondary N) is 1. The van der Waals surface area contributed by atoms with Crippen LogP contribution in [0.25, 0.3) is 0 Å². The molecule has 1 amide bonds. The maximum Gasteiger partial charge on any atom is 0.257 e. The van der Waals surface area contributed by atoms with E-state index >= 15 is 0 Å². The van der Waals surface area contributed by atoms with Gasteiger partial charge in [0.1, 0.15) is 0 Å². The Morgan fingerprint density at radius 3 is 3.20 bits per heavy atom. The first-order chi connectivity index (χ1) is 9.76. The number of carbonyl (C=O) groups excluding carboxylic acids is 1. The minimum absolute atomic E-state index is 0.255. The number of thiazole rings is 1. The highest BCUT2D eigenvalue weighted by atomic mass is 32.1. The average molecular weight is 285 g/mol. The third-order valence-corrected chi connectivity index (χ3v) is 3.96. The molecule has 0 bridgehead atoms. The smallest absolute Gasteiger partial charge is 0.257 e. The summed E-state index contributed by atoms with van der Waals surface area (Å²) >= 11 is 1.44. The number of carbonyl (C=O) groups is 1. The summed E-state index contributed by atoms with van der Waals surface area (Å²) in [5.74, 6) is -0.255. The molecule has 20 heavy (non-hydrogen) atoms. The molecule has 6 heteroatoms. The molecule has 100 valence electrons. The second-order valence-corrected chi connectivity index (χ2v) is 5.42. The van der Waals surface area contributed by atoms with Gasteiger partial charge in [0.15, 0.2) is 5.13 Å². The van der Waals surface area contributed by atoms with Crippen molar-refractivity contribution in [2.45, 2.75) is 13.0 Å². The van der Waals surface area contributed by atoms with Crippen molar-refractivity contribution in [3.05, 3.63) is 46.0 Å². The van der Waals surface area contributed by atoms with E-state index in [1.165, 1.54) is 11.3 Å². The van der Waals surface area contributed by atoms with Gasteiger partial charge in [0, 0.05) is 12.0 Å². The molecule has 0 spiro atoms. The zero-order valence-corrected chi connectivity index (χ0v) is 11.4. The van der Waals surface area contributed by atoms with Crippen LogP contribution in [0.5, 0.6) is 0 Å². The van der Waals surface area contributed by atoms with Crippen LogP contribution in [0.15, 0.2) is 24.3 Å². The SMILES string of the molecule is N#Cc1cccc(C(=O)Nc2nc3c(s2)COCC3)c1. The summed E-state index contributed by atoms with van der Waals surface area (Å²) in [7, 11) is 0. The number of rotatable bonds is 2. The van der Waals surface area contributed by atoms with Crippen LogP contribution in [0.2, 0.25) is 0 Å². The third kappa shape index (κ3) is 2.54. The molecule has 2 aromatic rings. The van der Waals surface area contributed by atoms with Crippen molar-refractivity contribution < 1.29 is 9.53 Å². The van der Waals surface area contributed by atoms with Crippen LogP contribution in [0.4, 0.5) is 5.13 Å². The second kappa shape index (κ2) is 5.41. The van der Waals surface area contributed by atoms with Crippen molar-refractivity contribution in [3.63, 3.8) is 0 Å². The van der Waals surface area contributed by atoms with Gasteiger partial charge in [0.25, 0.3) is 5.91 Å². The van der Waals surface area contributed by atoms with Crippen LogP contribution in [-0.2, 0) is 17.8 Å². The average Bonchev–Trinajstić information content (AvgIpc) is 2.89. The summed E-state index contributed by atoms with van der Waals surface area (Å²) < 4.78 is 5.35. The maximum atomic E-state index is 12.1. The lowest BCUT2D eigenvalue weighted by Gasteiger charge is -2.08. The van der Waals surface area contributed by atoms with E-state index in [0.29, 0.717) is 29.5 Å². The van der Waals surface area contributed by atoms with Gasteiger partial charge in [-0.25, -0.2) is 4.98 Å². The number of amides is 1. The van der Waals surface area contributed by atoms with Gasteiger partial charge in [-0.05, 0) is 18.2 Å². The molecule has 1 N–H and O–H groups in total. The van der Waals surface area contributed by atoms with Crippen LogP contribution >= 0.6 is 11.3 Å². The molecular formula is C14H11N3O2S. The zero-order chi connectivity index (χ0) is 13.9. The van der Waals surface area contributed by atoms with E-state index in [-0.39, 0.29) is 5.91 Å². The maximum absolute atomic E-state index is 12.1. The number of hydrogen-bond donors (Lipinski definition) is 1. The Labute approximate surface area is 119 Å². The summed E-state index contributed by atoms with van der Waals surface area (Å²) in [6.07, 6.45) is 0.783. The number of anilines is 1. The molecule has 0 unspecified atom stereocenters. The molecule has 0 saturated heterocycles. The molecule has 0 aliphatic carbocycles. The van der Waals surface area contributed by atoms with Crippen molar-refractivity contribution in [2.24, 2.45) is 0 Å². The van der Waals surface area contributed by atoms with Gasteiger partial charge in [-0.1, -0.05) is 17.4 Å². The Kier molecular flexibility index (Phi) is 3.46. The number of hydrogen-bond acceptors (Lipinski definition) is 5. The van der Waals surface area contributed by atoms with Crippen molar-refractivity contribution in [2.75, 3.05) is 11.9 Å². The predicted octanol–water partition coefficient (Wildman–Crippen LogP) is 2.34. The predicted molar refractivity (Wildman–Crippen MR) is 74.6 cm³/mol. The van der Waals surface area contributed by atoms with Crippen molar-refractivity contribution in [3.8, 4) is 6.07 Å². The van der Waals surface area contributed by atoms with Crippen LogP contribution in [0, 0.1) is 11.3 Å². The van der Waals surface area contributed by atoms with E-state index in [0.717, 1.165) is 17.0 Å². The molecule has 1 aliphatic heterocycles. The highest BCUT2D eigenvalue weighted by Gasteiger charge is 2.17. The molecular weight excluding hydrogens is 274 g/mol. The van der Waals surface area contributed by atoms with E-state index in [9.17, 15) is 4.79 Å². The van der Waals surface area contributed by atoms with Gasteiger partial charge in [0.2, 0.25) is 0 Å². The fraction of sp³-hybridized carbons (Fsp3) is 0.214. The number of ether oxygens (including phenoxy) is 1. The summed E-state index contributed by atoms with van der Waals surface area (Å²) in [5.41, 5.74) is 1.92. The molecule has 0 radical (unpaired) electrons. The fourth-order valence-corrected chi connectivity index (χ4v) is 2.92. The fourth-order valence-electron chi connectivity index (χ4n) is 1.98. The van der Waals surface area contributed by atoms with Gasteiger partial charge < -0.3 is 4.74 Å². The van der Waals surface area contributed by atoms with E-state index in [4.69, 9.17) is 10.00 Å². The number of fused-ring (bicyclic) bond motifs is 1. The van der Waals surface area contributed by atoms with Gasteiger partial charge in [-0.3, -0.25) is 10.1 Å². The van der Waals surface area contributed by atoms with E-state index < -0.39 is 0 Å². The third-order valence-electron chi connectivity index (χ3n) is 2.97. The Hall–Kier alpha value is -2.23. The Balaban J connectivity index is 1.78. The molecule has 3 rings (SSSR count). The minimum Gasteiger partial charge on any atom is -0.375 e. The van der Waals surface area contributed by atoms with E-state index in [1.54, 1.807) is 24.3 Å². The lowest BCUT2D eigenvalue weighted by molar-refractivity contribution is 0.102. The zero-order valence-electron chi connectivity index (χ0n) is 10.5. The normalized spacial score (nSPS) is 13.3. The van der Waals surface area contributed by atoms with E-state index in [1.807, 2.05) is 6.07 Å². The van der Waals surface area contributed by atoms with Crippen LogP contribution in [0.3, 0.4) is 0 Å². The Morgan fingerprint density at radius 1 is 1.50 bits per heavy atom. The molecule has 5 nitrogen and oxygen atoms in total. The summed E-state index contributed by atoms with van der Waals surface area (Å²) in [5, 5.41) is 12.2. The lowest BCUT2D eigenvalue weighted by Crippen LogP contribution is -2.12. The van der Waals surface area contributed by atoms with E-state index in [2.05, 4.69) is 10.3 Å². The standard InChI is InChI=1S/C14H11N3O2S/c15-7-9-2-1-3-10(6-9)13(18)17-14-16-11-4-5-19-8-12(11)20-14/h1-3,6H,4-5,8H2,(H,16,17,18). The molecule has 0 fully saturated rings. The van der Waals surface area contributed by atoms with Gasteiger partial charge in [-0.2, -0.15) is 5.26 Å². The van der Waals surface area contributed by atoms with Crippen LogP contribution in [0.1, 0.15) is 26.5 Å². The number of nitrogens with zero attached hydrogens (tertiary/aromatic N) is 2. The van der Waals surface area contributed by atoms with Crippen LogP contribution < -0.4 is 5.32 Å². The Morgan fingerprint density at radius 2 is 2.40 bits per heavy atom. The van der Waals surface area contributed by atoms with Gasteiger partial charge in [0.05, 0.1) is 35.4 Å². The Bertz CT molecular complexity index is 679. The van der Waals surface area contributed by atoms with Crippen molar-refractivity contribution in [1.29, 1.82) is 5.26 Å². The second-order valence-electron chi connectivity index (χ2n) is 4.34. The molecule has 0 saturated carbocycles. The molecule has 0 atom stereocenters. The molecule has 1 aromatic heterocycles. The summed E-state index contributed by atoms with van der Waals surface area (Å²) in [6, 6.07) is 8.60. The highest BCUT2D eigenvalue weighted by Crippen LogP contribution is 2.27. The lowest BCUT2D eigenvalue weighted by atomic mass is 10.1. The highest BCUT2D eigenvalue weighted by molar-refractivity contribution is 7.15.